The minimum absolute atomic E-state index is 0.346. The lowest BCUT2D eigenvalue weighted by Crippen LogP contribution is -2.35. The zero-order valence-electron chi connectivity index (χ0n) is 14.6. The van der Waals surface area contributed by atoms with Crippen molar-refractivity contribution in [1.82, 2.24) is 4.90 Å². The third kappa shape index (κ3) is 6.43. The van der Waals surface area contributed by atoms with Gasteiger partial charge in [-0.2, -0.15) is 5.26 Å². The van der Waals surface area contributed by atoms with Gasteiger partial charge >= 0.3 is 0 Å². The van der Waals surface area contributed by atoms with E-state index < -0.39 is 6.10 Å². The van der Waals surface area contributed by atoms with Crippen molar-refractivity contribution in [3.63, 3.8) is 0 Å². The van der Waals surface area contributed by atoms with Crippen LogP contribution in [0, 0.1) is 11.3 Å². The van der Waals surface area contributed by atoms with Crippen LogP contribution < -0.4 is 11.1 Å². The zero-order chi connectivity index (χ0) is 18.1. The molecule has 0 saturated carbocycles. The Hall–Kier alpha value is -2.59. The summed E-state index contributed by atoms with van der Waals surface area (Å²) < 4.78 is 0. The number of amidine groups is 1. The molecule has 1 amide bonds. The summed E-state index contributed by atoms with van der Waals surface area (Å²) in [5.41, 5.74) is 6.93. The Bertz CT molecular complexity index is 645. The highest BCUT2D eigenvalue weighted by molar-refractivity contribution is 5.94. The van der Waals surface area contributed by atoms with Crippen LogP contribution in [0.1, 0.15) is 38.2 Å². The summed E-state index contributed by atoms with van der Waals surface area (Å²) in [6.07, 6.45) is 4.08. The largest absolute Gasteiger partial charge is 0.383 e. The lowest BCUT2D eigenvalue weighted by atomic mass is 10.2. The van der Waals surface area contributed by atoms with Gasteiger partial charge in [-0.05, 0) is 51.1 Å². The number of rotatable bonds is 6. The van der Waals surface area contributed by atoms with E-state index in [1.165, 1.54) is 25.7 Å². The number of carbonyl (C=O) groups excluding carboxylic acids is 1. The zero-order valence-corrected chi connectivity index (χ0v) is 14.6. The molecule has 1 unspecified atom stereocenters. The second kappa shape index (κ2) is 9.64. The van der Waals surface area contributed by atoms with Gasteiger partial charge in [-0.1, -0.05) is 24.1 Å². The number of benzene rings is 1. The van der Waals surface area contributed by atoms with Gasteiger partial charge < -0.3 is 15.9 Å². The first-order chi connectivity index (χ1) is 12.1. The number of hydrogen-bond donors (Lipinski definition) is 2. The highest BCUT2D eigenvalue weighted by atomic mass is 16.6. The number of carbonyl (C=O) groups is 1. The highest BCUT2D eigenvalue weighted by Crippen LogP contribution is 2.11. The molecule has 0 aliphatic carbocycles. The molecule has 1 aliphatic heterocycles. The van der Waals surface area contributed by atoms with E-state index >= 15 is 0 Å². The Morgan fingerprint density at radius 2 is 2.12 bits per heavy atom. The van der Waals surface area contributed by atoms with Gasteiger partial charge in [0.2, 0.25) is 6.10 Å². The number of hydrogen-bond acceptors (Lipinski definition) is 5. The third-order valence-electron chi connectivity index (χ3n) is 4.04. The number of amides is 1. The molecule has 134 valence electrons. The lowest BCUT2D eigenvalue weighted by Gasteiger charge is -2.19. The molecule has 25 heavy (non-hydrogen) atoms. The summed E-state index contributed by atoms with van der Waals surface area (Å²) in [5.74, 6) is 0.0226. The van der Waals surface area contributed by atoms with Gasteiger partial charge in [0.15, 0.2) is 5.84 Å². The predicted octanol–water partition coefficient (Wildman–Crippen LogP) is 2.05. The van der Waals surface area contributed by atoms with Crippen molar-refractivity contribution in [2.24, 2.45) is 10.9 Å². The van der Waals surface area contributed by atoms with Crippen molar-refractivity contribution in [2.45, 2.75) is 38.7 Å². The molecule has 1 aliphatic rings. The maximum atomic E-state index is 12.1. The van der Waals surface area contributed by atoms with Crippen LogP contribution in [-0.2, 0) is 9.63 Å². The molecule has 7 heteroatoms. The van der Waals surface area contributed by atoms with E-state index in [9.17, 15) is 4.79 Å². The average molecular weight is 343 g/mol. The quantitative estimate of drug-likeness (QED) is 0.467. The number of likely N-dealkylation sites (tertiary alicyclic amines) is 1. The molecule has 2 rings (SSSR count). The minimum Gasteiger partial charge on any atom is -0.383 e. The van der Waals surface area contributed by atoms with Crippen LogP contribution in [0.15, 0.2) is 29.4 Å². The first-order valence-electron chi connectivity index (χ1n) is 8.60. The summed E-state index contributed by atoms with van der Waals surface area (Å²) in [6.45, 7) is 4.19. The fourth-order valence-corrected chi connectivity index (χ4v) is 2.66. The number of oxime groups is 1. The van der Waals surface area contributed by atoms with Crippen LogP contribution in [0.5, 0.6) is 0 Å². The van der Waals surface area contributed by atoms with Gasteiger partial charge in [0.1, 0.15) is 0 Å². The SMILES string of the molecule is CC(ON=C(N)CN1CCCCCC1)C(=O)Nc1cccc(C#N)c1. The minimum atomic E-state index is -0.784. The van der Waals surface area contributed by atoms with Gasteiger partial charge in [-0.15, -0.1) is 0 Å². The summed E-state index contributed by atoms with van der Waals surface area (Å²) in [7, 11) is 0. The molecule has 0 spiro atoms. The third-order valence-corrected chi connectivity index (χ3v) is 4.04. The van der Waals surface area contributed by atoms with E-state index in [-0.39, 0.29) is 5.91 Å². The van der Waals surface area contributed by atoms with Crippen LogP contribution in [0.2, 0.25) is 0 Å². The second-order valence-electron chi connectivity index (χ2n) is 6.20. The van der Waals surface area contributed by atoms with Crippen LogP contribution in [-0.4, -0.2) is 42.4 Å². The van der Waals surface area contributed by atoms with Crippen LogP contribution in [0.3, 0.4) is 0 Å². The van der Waals surface area contributed by atoms with E-state index in [4.69, 9.17) is 15.8 Å². The van der Waals surface area contributed by atoms with Gasteiger partial charge in [-0.25, -0.2) is 0 Å². The first kappa shape index (κ1) is 18.7. The van der Waals surface area contributed by atoms with Gasteiger partial charge in [0.05, 0.1) is 18.2 Å². The van der Waals surface area contributed by atoms with Crippen LogP contribution in [0.4, 0.5) is 5.69 Å². The Kier molecular flexibility index (Phi) is 7.23. The summed E-state index contributed by atoms with van der Waals surface area (Å²) >= 11 is 0. The molecule has 3 N–H and O–H groups in total. The fourth-order valence-electron chi connectivity index (χ4n) is 2.66. The average Bonchev–Trinajstić information content (AvgIpc) is 2.88. The molecular formula is C18H25N5O2. The van der Waals surface area contributed by atoms with Gasteiger partial charge in [0, 0.05) is 5.69 Å². The van der Waals surface area contributed by atoms with Crippen LogP contribution in [0.25, 0.3) is 0 Å². The van der Waals surface area contributed by atoms with E-state index in [1.54, 1.807) is 31.2 Å². The standard InChI is InChI=1S/C18H25N5O2/c1-14(18(24)21-16-8-6-7-15(11-16)12-19)25-22-17(20)13-23-9-4-2-3-5-10-23/h6-8,11,14H,2-5,9-10,13H2,1H3,(H2,20,22)(H,21,24). The topological polar surface area (TPSA) is 104 Å². The maximum Gasteiger partial charge on any atom is 0.267 e. The van der Waals surface area contributed by atoms with Crippen molar-refractivity contribution in [1.29, 1.82) is 5.26 Å². The van der Waals surface area contributed by atoms with E-state index in [1.807, 2.05) is 6.07 Å². The second-order valence-corrected chi connectivity index (χ2v) is 6.20. The highest BCUT2D eigenvalue weighted by Gasteiger charge is 2.16. The normalized spacial score (nSPS) is 17.2. The monoisotopic (exact) mass is 343 g/mol. The Morgan fingerprint density at radius 1 is 1.40 bits per heavy atom. The molecule has 1 heterocycles. The van der Waals surface area contributed by atoms with Gasteiger partial charge in [-0.3, -0.25) is 9.69 Å². The smallest absolute Gasteiger partial charge is 0.267 e. The molecular weight excluding hydrogens is 318 g/mol. The summed E-state index contributed by atoms with van der Waals surface area (Å²) in [6, 6.07) is 8.71. The Labute approximate surface area is 148 Å². The number of nitrogens with two attached hydrogens (primary N) is 1. The fraction of sp³-hybridized carbons (Fsp3) is 0.500. The van der Waals surface area contributed by atoms with Crippen molar-refractivity contribution >= 4 is 17.4 Å². The van der Waals surface area contributed by atoms with E-state index in [2.05, 4.69) is 15.4 Å². The Balaban J connectivity index is 1.82. The molecule has 1 aromatic rings. The molecule has 1 aromatic carbocycles. The number of nitrogens with zero attached hydrogens (tertiary/aromatic N) is 3. The predicted molar refractivity (Wildman–Crippen MR) is 96.9 cm³/mol. The number of nitrogens with one attached hydrogen (secondary N) is 1. The molecule has 7 nitrogen and oxygen atoms in total. The maximum absolute atomic E-state index is 12.1. The Morgan fingerprint density at radius 3 is 2.80 bits per heavy atom. The number of anilines is 1. The van der Waals surface area contributed by atoms with Crippen molar-refractivity contribution in [3.8, 4) is 6.07 Å². The molecule has 0 radical (unpaired) electrons. The molecule has 1 atom stereocenters. The summed E-state index contributed by atoms with van der Waals surface area (Å²) in [4.78, 5) is 19.6. The molecule has 1 fully saturated rings. The number of nitriles is 1. The van der Waals surface area contributed by atoms with Crippen LogP contribution >= 0.6 is 0 Å². The van der Waals surface area contributed by atoms with Crippen molar-refractivity contribution < 1.29 is 9.63 Å². The molecule has 0 aromatic heterocycles. The lowest BCUT2D eigenvalue weighted by molar-refractivity contribution is -0.126. The molecule has 0 bridgehead atoms. The van der Waals surface area contributed by atoms with Crippen molar-refractivity contribution in [2.75, 3.05) is 25.0 Å². The summed E-state index contributed by atoms with van der Waals surface area (Å²) in [5, 5.41) is 15.5. The first-order valence-corrected chi connectivity index (χ1v) is 8.60. The molecule has 1 saturated heterocycles. The van der Waals surface area contributed by atoms with Crippen molar-refractivity contribution in [3.05, 3.63) is 29.8 Å². The van der Waals surface area contributed by atoms with E-state index in [0.29, 0.717) is 23.6 Å². The van der Waals surface area contributed by atoms with E-state index in [0.717, 1.165) is 13.1 Å². The van der Waals surface area contributed by atoms with Gasteiger partial charge in [0.25, 0.3) is 5.91 Å².